The van der Waals surface area contributed by atoms with Gasteiger partial charge in [-0.15, -0.1) is 5.10 Å². The van der Waals surface area contributed by atoms with Crippen molar-refractivity contribution in [2.24, 2.45) is 11.7 Å². The Morgan fingerprint density at radius 2 is 2.17 bits per heavy atom. The highest BCUT2D eigenvalue weighted by Crippen LogP contribution is 2.53. The summed E-state index contributed by atoms with van der Waals surface area (Å²) >= 11 is 0. The summed E-state index contributed by atoms with van der Waals surface area (Å²) < 4.78 is 5.64. The molecule has 4 N–H and O–H groups in total. The number of nitrogens with two attached hydrogens (primary N) is 1. The smallest absolute Gasteiger partial charge is 0.244 e. The molecule has 2 aromatic rings. The number of aliphatic hydroxyl groups is 1. The first-order chi connectivity index (χ1) is 14.4. The predicted octanol–water partition coefficient (Wildman–Crippen LogP) is 3.42. The summed E-state index contributed by atoms with van der Waals surface area (Å²) in [4.78, 5) is 3.61. The van der Waals surface area contributed by atoms with E-state index in [1.165, 1.54) is 0 Å². The number of ether oxygens (including phenoxy) is 1. The quantitative estimate of drug-likeness (QED) is 0.413. The van der Waals surface area contributed by atoms with Gasteiger partial charge in [0.05, 0.1) is 17.6 Å². The Morgan fingerprint density at radius 1 is 1.40 bits per heavy atom. The summed E-state index contributed by atoms with van der Waals surface area (Å²) in [5.74, 6) is 6.35. The van der Waals surface area contributed by atoms with E-state index in [-0.39, 0.29) is 24.0 Å². The maximum absolute atomic E-state index is 10.0. The van der Waals surface area contributed by atoms with Gasteiger partial charge in [0.15, 0.2) is 5.69 Å². The average Bonchev–Trinajstić information content (AvgIpc) is 3.10. The van der Waals surface area contributed by atoms with Gasteiger partial charge in [-0.05, 0) is 37.0 Å². The van der Waals surface area contributed by atoms with E-state index in [0.29, 0.717) is 30.0 Å². The summed E-state index contributed by atoms with van der Waals surface area (Å²) in [7, 11) is 0. The van der Waals surface area contributed by atoms with E-state index in [2.05, 4.69) is 33.0 Å². The summed E-state index contributed by atoms with van der Waals surface area (Å²) in [5, 5.41) is 26.2. The number of hydrogen-bond donors (Lipinski definition) is 3. The van der Waals surface area contributed by atoms with Gasteiger partial charge in [0.25, 0.3) is 0 Å². The number of aromatic nitrogens is 2. The Morgan fingerprint density at radius 3 is 2.80 bits per heavy atom. The number of unbranched alkanes of at least 4 members (excludes halogenated alkanes) is 1. The highest BCUT2D eigenvalue weighted by molar-refractivity contribution is 5.65. The fourth-order valence-electron chi connectivity index (χ4n) is 4.07. The molecule has 3 rings (SSSR count). The molecule has 0 fully saturated rings. The maximum atomic E-state index is 10.0. The molecule has 152 valence electrons. The second kappa shape index (κ2) is 8.33. The molecule has 0 saturated carbocycles. The fraction of sp³-hybridized carbons (Fsp3) is 0.348. The largest absolute Gasteiger partial charge is 0.420 e. The first-order valence-corrected chi connectivity index (χ1v) is 9.66. The molecule has 0 spiro atoms. The fourth-order valence-corrected chi connectivity index (χ4v) is 4.07. The van der Waals surface area contributed by atoms with Crippen LogP contribution < -0.4 is 10.5 Å². The zero-order valence-electron chi connectivity index (χ0n) is 17.2. The number of H-pyrrole nitrogens is 1. The van der Waals surface area contributed by atoms with Gasteiger partial charge in [-0.2, -0.15) is 5.26 Å². The molecule has 1 aliphatic rings. The highest BCUT2D eigenvalue weighted by Gasteiger charge is 2.50. The first-order valence-electron chi connectivity index (χ1n) is 9.66. The first kappa shape index (κ1) is 21.0. The molecule has 0 aliphatic carbocycles. The lowest BCUT2D eigenvalue weighted by Gasteiger charge is -2.41. The molecule has 1 unspecified atom stereocenters. The second-order valence-corrected chi connectivity index (χ2v) is 7.45. The van der Waals surface area contributed by atoms with Crippen LogP contribution in [0.4, 0.5) is 5.69 Å². The van der Waals surface area contributed by atoms with E-state index >= 15 is 0 Å². The third-order valence-corrected chi connectivity index (χ3v) is 5.33. The van der Waals surface area contributed by atoms with Crippen molar-refractivity contribution in [1.29, 1.82) is 5.26 Å². The minimum absolute atomic E-state index is 0.00833. The minimum atomic E-state index is -0.939. The van der Waals surface area contributed by atoms with Gasteiger partial charge >= 0.3 is 0 Å². The van der Waals surface area contributed by atoms with Gasteiger partial charge in [-0.1, -0.05) is 31.8 Å². The number of aromatic amines is 1. The molecule has 1 aliphatic heterocycles. The topological polar surface area (TPSA) is 112 Å². The van der Waals surface area contributed by atoms with E-state index in [0.717, 1.165) is 16.8 Å². The van der Waals surface area contributed by atoms with Gasteiger partial charge in [-0.3, -0.25) is 5.10 Å². The van der Waals surface area contributed by atoms with Crippen LogP contribution in [0.1, 0.15) is 49.1 Å². The van der Waals surface area contributed by atoms with E-state index < -0.39 is 5.41 Å². The maximum Gasteiger partial charge on any atom is 0.244 e. The van der Waals surface area contributed by atoms with Crippen molar-refractivity contribution in [3.8, 4) is 23.8 Å². The van der Waals surface area contributed by atoms with Crippen LogP contribution in [-0.4, -0.2) is 21.9 Å². The van der Waals surface area contributed by atoms with Gasteiger partial charge in [-0.25, -0.2) is 4.85 Å². The Kier molecular flexibility index (Phi) is 5.83. The minimum Gasteiger partial charge on any atom is -0.420 e. The van der Waals surface area contributed by atoms with Crippen molar-refractivity contribution in [3.05, 3.63) is 63.5 Å². The molecule has 0 amide bonds. The molecule has 2 heterocycles. The molecule has 7 nitrogen and oxygen atoms in total. The van der Waals surface area contributed by atoms with Gasteiger partial charge in [0, 0.05) is 24.3 Å². The number of allylic oxidation sites excluding steroid dienone is 1. The number of aryl methyl sites for hydroxylation is 1. The third kappa shape index (κ3) is 3.28. The summed E-state index contributed by atoms with van der Waals surface area (Å²) in [5.41, 5.74) is 8.84. The predicted molar refractivity (Wildman–Crippen MR) is 112 cm³/mol. The van der Waals surface area contributed by atoms with Crippen LogP contribution in [0.25, 0.3) is 4.85 Å². The Labute approximate surface area is 176 Å². The van der Waals surface area contributed by atoms with E-state index in [9.17, 15) is 5.26 Å². The number of nitrogens with one attached hydrogen (secondary N) is 1. The molecule has 0 radical (unpaired) electrons. The monoisotopic (exact) mass is 401 g/mol. The highest BCUT2D eigenvalue weighted by atomic mass is 16.5. The van der Waals surface area contributed by atoms with Crippen LogP contribution in [0.3, 0.4) is 0 Å². The van der Waals surface area contributed by atoms with Crippen LogP contribution >= 0.6 is 0 Å². The van der Waals surface area contributed by atoms with Crippen LogP contribution in [0, 0.1) is 42.6 Å². The average molecular weight is 401 g/mol. The van der Waals surface area contributed by atoms with Crippen molar-refractivity contribution in [2.45, 2.75) is 39.0 Å². The van der Waals surface area contributed by atoms with Crippen molar-refractivity contribution in [3.63, 3.8) is 0 Å². The number of aliphatic hydroxyl groups excluding tert-OH is 1. The molecule has 30 heavy (non-hydrogen) atoms. The number of hydrogen-bond acceptors (Lipinski definition) is 5. The third-order valence-electron chi connectivity index (χ3n) is 5.33. The lowest BCUT2D eigenvalue weighted by molar-refractivity contribution is 0.290. The number of nitriles is 1. The molecule has 1 aromatic carbocycles. The summed E-state index contributed by atoms with van der Waals surface area (Å²) in [6.45, 7) is 13.5. The number of benzene rings is 1. The number of nitrogens with zero attached hydrogens (tertiary/aromatic N) is 3. The zero-order chi connectivity index (χ0) is 21.9. The molecule has 0 bridgehead atoms. The van der Waals surface area contributed by atoms with Crippen molar-refractivity contribution in [1.82, 2.24) is 10.2 Å². The van der Waals surface area contributed by atoms with Gasteiger partial charge < -0.3 is 15.6 Å². The Bertz CT molecular complexity index is 1150. The molecule has 0 saturated heterocycles. The van der Waals surface area contributed by atoms with Crippen molar-refractivity contribution >= 4 is 5.69 Å². The molecular weight excluding hydrogens is 378 g/mol. The van der Waals surface area contributed by atoms with E-state index in [1.807, 2.05) is 26.8 Å². The van der Waals surface area contributed by atoms with Gasteiger partial charge in [0.1, 0.15) is 11.6 Å². The number of fused-ring (bicyclic) bond motifs is 1. The second-order valence-electron chi connectivity index (χ2n) is 7.45. The summed E-state index contributed by atoms with van der Waals surface area (Å²) in [6.07, 6.45) is 1.14. The van der Waals surface area contributed by atoms with Crippen molar-refractivity contribution in [2.75, 3.05) is 6.61 Å². The molecule has 1 atom stereocenters. The number of rotatable bonds is 4. The Balaban J connectivity index is 2.34. The van der Waals surface area contributed by atoms with Crippen LogP contribution in [0.5, 0.6) is 5.88 Å². The lowest BCUT2D eigenvalue weighted by Crippen LogP contribution is -2.41. The van der Waals surface area contributed by atoms with E-state index in [4.69, 9.17) is 22.1 Å². The molecule has 7 heteroatoms. The summed E-state index contributed by atoms with van der Waals surface area (Å²) in [6, 6.07) is 7.64. The standard InChI is InChI=1S/C23H23N5O2/c1-14(2)23(19(13-24)21(25)30-22-20(23)15(3)27-28-22)17-10-16(8-6-5-7-9-29)11-18(12-17)26-4/h10-12,14,29H,5,7,9,25H2,1-3H3,(H,27,28). The van der Waals surface area contributed by atoms with Crippen LogP contribution in [-0.2, 0) is 5.41 Å². The SMILES string of the molecule is [C-]#[N+]c1cc(C#CCCCO)cc(C2(C(C)C)C(C#N)=C(N)Oc3n[nH]c(C)c32)c1. The Hall–Kier alpha value is -3.73. The lowest BCUT2D eigenvalue weighted by atomic mass is 9.61. The van der Waals surface area contributed by atoms with E-state index in [1.54, 1.807) is 12.1 Å². The molecule has 1 aromatic heterocycles. The molecular formula is C23H23N5O2. The van der Waals surface area contributed by atoms with Crippen LogP contribution in [0.15, 0.2) is 29.7 Å². The van der Waals surface area contributed by atoms with Gasteiger partial charge in [0.2, 0.25) is 11.8 Å². The van der Waals surface area contributed by atoms with Crippen LogP contribution in [0.2, 0.25) is 0 Å². The van der Waals surface area contributed by atoms with Crippen molar-refractivity contribution < 1.29 is 9.84 Å². The normalized spacial score (nSPS) is 17.4. The zero-order valence-corrected chi connectivity index (χ0v) is 17.2.